The second kappa shape index (κ2) is 14.3. The molecule has 2 aliphatic carbocycles. The number of carbonyl (C=O) groups is 3. The molecule has 5 aromatic rings. The van der Waals surface area contributed by atoms with E-state index in [4.69, 9.17) is 15.5 Å². The first-order valence-corrected chi connectivity index (χ1v) is 18.3. The summed E-state index contributed by atoms with van der Waals surface area (Å²) in [6.45, 7) is 7.86. The molecular formula is C40H46FN7O5. The number of aromatic nitrogens is 4. The third kappa shape index (κ3) is 7.90. The van der Waals surface area contributed by atoms with E-state index >= 15 is 4.39 Å². The first-order chi connectivity index (χ1) is 25.2. The number of amides is 3. The summed E-state index contributed by atoms with van der Waals surface area (Å²) in [6.07, 6.45) is 4.19. The summed E-state index contributed by atoms with van der Waals surface area (Å²) in [5.74, 6) is -0.840. The van der Waals surface area contributed by atoms with Crippen LogP contribution in [-0.2, 0) is 20.7 Å². The lowest BCUT2D eigenvalue weighted by atomic mass is 9.81. The number of rotatable bonds is 9. The number of H-pyrrole nitrogens is 3. The molecule has 3 aromatic carbocycles. The number of benzene rings is 3. The van der Waals surface area contributed by atoms with Crippen molar-refractivity contribution < 1.29 is 23.5 Å². The number of nitrogens with zero attached hydrogens (tertiary/aromatic N) is 2. The minimum Gasteiger partial charge on any atom is -0.444 e. The zero-order valence-corrected chi connectivity index (χ0v) is 30.5. The fraction of sp³-hybridized carbons (Fsp3) is 0.425. The Hall–Kier alpha value is -5.30. The molecule has 6 N–H and O–H groups in total. The summed E-state index contributed by atoms with van der Waals surface area (Å²) in [5.41, 5.74) is 11.3. The van der Waals surface area contributed by atoms with Crippen LogP contribution in [0, 0.1) is 24.6 Å². The number of nitrogens with one attached hydrogen (secondary N) is 4. The third-order valence-corrected chi connectivity index (χ3v) is 10.3. The molecule has 0 bridgehead atoms. The lowest BCUT2D eigenvalue weighted by Crippen LogP contribution is -2.50. The lowest BCUT2D eigenvalue weighted by molar-refractivity contribution is -0.130. The largest absolute Gasteiger partial charge is 0.444 e. The van der Waals surface area contributed by atoms with Crippen LogP contribution in [0.3, 0.4) is 0 Å². The molecule has 12 nitrogen and oxygen atoms in total. The van der Waals surface area contributed by atoms with E-state index in [1.807, 2.05) is 24.3 Å². The molecule has 13 heteroatoms. The Morgan fingerprint density at radius 2 is 1.72 bits per heavy atom. The highest BCUT2D eigenvalue weighted by atomic mass is 19.1. The highest BCUT2D eigenvalue weighted by Crippen LogP contribution is 2.40. The van der Waals surface area contributed by atoms with Gasteiger partial charge in [0.05, 0.1) is 28.3 Å². The zero-order chi connectivity index (χ0) is 37.6. The second-order valence-corrected chi connectivity index (χ2v) is 15.6. The molecular weight excluding hydrogens is 677 g/mol. The van der Waals surface area contributed by atoms with Crippen LogP contribution in [0.15, 0.2) is 53.3 Å². The van der Waals surface area contributed by atoms with Crippen molar-refractivity contribution in [3.05, 3.63) is 81.7 Å². The van der Waals surface area contributed by atoms with Crippen molar-refractivity contribution in [2.75, 3.05) is 11.4 Å². The predicted molar refractivity (Wildman–Crippen MR) is 201 cm³/mol. The van der Waals surface area contributed by atoms with E-state index in [1.54, 1.807) is 20.8 Å². The number of fused-ring (bicyclic) bond motifs is 2. The Kier molecular flexibility index (Phi) is 9.71. The average molecular weight is 724 g/mol. The number of imide groups is 1. The number of halogens is 1. The quantitative estimate of drug-likeness (QED) is 0.115. The Balaban J connectivity index is 1.07. The maximum atomic E-state index is 15.3. The van der Waals surface area contributed by atoms with Crippen LogP contribution in [0.2, 0.25) is 0 Å². The molecule has 0 unspecified atom stereocenters. The molecule has 0 saturated heterocycles. The normalized spacial score (nSPS) is 18.2. The number of anilines is 1. The first kappa shape index (κ1) is 36.1. The van der Waals surface area contributed by atoms with Gasteiger partial charge in [-0.15, -0.1) is 0 Å². The highest BCUT2D eigenvalue weighted by molar-refractivity contribution is 6.17. The lowest BCUT2D eigenvalue weighted by Gasteiger charge is -2.32. The van der Waals surface area contributed by atoms with Gasteiger partial charge in [0, 0.05) is 18.4 Å². The van der Waals surface area contributed by atoms with Crippen LogP contribution in [0.4, 0.5) is 14.9 Å². The number of ether oxygens (including phenoxy) is 1. The number of nitrogens with two attached hydrogens (primary N) is 1. The summed E-state index contributed by atoms with van der Waals surface area (Å²) in [4.78, 5) is 62.0. The van der Waals surface area contributed by atoms with Gasteiger partial charge in [-0.25, -0.2) is 19.1 Å². The average Bonchev–Trinajstić information content (AvgIpc) is 3.78. The Labute approximate surface area is 306 Å². The molecule has 2 aromatic heterocycles. The number of hydrogen-bond acceptors (Lipinski definition) is 7. The van der Waals surface area contributed by atoms with Gasteiger partial charge in [0.1, 0.15) is 22.6 Å². The summed E-state index contributed by atoms with van der Waals surface area (Å²) in [6, 6.07) is 13.4. The van der Waals surface area contributed by atoms with Gasteiger partial charge in [0.15, 0.2) is 0 Å². The van der Waals surface area contributed by atoms with Crippen molar-refractivity contribution in [1.29, 1.82) is 0 Å². The number of aryl methyl sites for hydroxylation is 1. The van der Waals surface area contributed by atoms with Crippen LogP contribution in [-0.4, -0.2) is 56.3 Å². The minimum atomic E-state index is -1.12. The molecule has 1 atom stereocenters. The van der Waals surface area contributed by atoms with Crippen molar-refractivity contribution in [2.24, 2.45) is 17.6 Å². The molecule has 2 aliphatic rings. The summed E-state index contributed by atoms with van der Waals surface area (Å²) >= 11 is 0. The van der Waals surface area contributed by atoms with Crippen LogP contribution in [0.25, 0.3) is 33.1 Å². The molecule has 3 amide bonds. The maximum absolute atomic E-state index is 15.3. The fourth-order valence-electron chi connectivity index (χ4n) is 7.31. The van der Waals surface area contributed by atoms with E-state index in [0.717, 1.165) is 50.1 Å². The van der Waals surface area contributed by atoms with Crippen molar-refractivity contribution in [3.8, 4) is 11.1 Å². The van der Waals surface area contributed by atoms with E-state index in [9.17, 15) is 19.2 Å². The Bertz CT molecular complexity index is 2240. The van der Waals surface area contributed by atoms with E-state index < -0.39 is 46.8 Å². The smallest absolute Gasteiger partial charge is 0.407 e. The van der Waals surface area contributed by atoms with E-state index in [-0.39, 0.29) is 28.9 Å². The fourth-order valence-corrected chi connectivity index (χ4v) is 7.31. The molecule has 0 radical (unpaired) electrons. The zero-order valence-electron chi connectivity index (χ0n) is 30.5. The SMILES string of the molecule is Cc1cc2[nH]c(C3CC3)nc2cc1-c1ccc(C[C@H](N)C(=O)N(C(=O)C2CCC(CNC(=O)OC(C)(C)C)CC2)c2cc(F)c3c(=O)[nH][nH]c3c2)cc1. The summed E-state index contributed by atoms with van der Waals surface area (Å²) < 4.78 is 20.6. The van der Waals surface area contributed by atoms with E-state index in [0.29, 0.717) is 38.1 Å². The number of imidazole rings is 1. The number of hydrogen-bond donors (Lipinski definition) is 5. The van der Waals surface area contributed by atoms with Crippen molar-refractivity contribution >= 4 is 45.5 Å². The minimum absolute atomic E-state index is 0.00570. The molecule has 2 saturated carbocycles. The number of carbonyl (C=O) groups excluding carboxylic acids is 3. The predicted octanol–water partition coefficient (Wildman–Crippen LogP) is 6.49. The van der Waals surface area contributed by atoms with Gasteiger partial charge in [0.2, 0.25) is 5.91 Å². The maximum Gasteiger partial charge on any atom is 0.407 e. The van der Waals surface area contributed by atoms with Gasteiger partial charge < -0.3 is 20.8 Å². The molecule has 53 heavy (non-hydrogen) atoms. The monoisotopic (exact) mass is 723 g/mol. The van der Waals surface area contributed by atoms with Crippen molar-refractivity contribution in [1.82, 2.24) is 25.5 Å². The Morgan fingerprint density at radius 1 is 1.00 bits per heavy atom. The highest BCUT2D eigenvalue weighted by Gasteiger charge is 2.36. The van der Waals surface area contributed by atoms with Crippen LogP contribution >= 0.6 is 0 Å². The van der Waals surface area contributed by atoms with Gasteiger partial charge in [-0.05, 0) is 125 Å². The van der Waals surface area contributed by atoms with E-state index in [2.05, 4.69) is 39.6 Å². The molecule has 0 spiro atoms. The third-order valence-electron chi connectivity index (χ3n) is 10.3. The number of alkyl carbamates (subject to hydrolysis) is 1. The van der Waals surface area contributed by atoms with Crippen molar-refractivity contribution in [3.63, 3.8) is 0 Å². The van der Waals surface area contributed by atoms with Gasteiger partial charge in [-0.2, -0.15) is 0 Å². The van der Waals surface area contributed by atoms with Gasteiger partial charge in [-0.1, -0.05) is 24.3 Å². The van der Waals surface area contributed by atoms with Crippen molar-refractivity contribution in [2.45, 2.75) is 90.2 Å². The van der Waals surface area contributed by atoms with Crippen LogP contribution in [0.1, 0.15) is 82.2 Å². The molecule has 278 valence electrons. The standard InChI is InChI=1S/C40H46FN7O5/c1-21-15-31-32(45-35(44-31)25-13-14-25)19-28(21)24-9-5-22(6-10-24)16-30(42)38(51)48(27-17-29(41)34-33(18-27)46-47-36(34)49)37(50)26-11-7-23(8-12-26)20-43-39(52)53-40(2,3)4/h5-6,9-10,15,17-19,23,25-26,30H,7-8,11-14,16,20,42H2,1-4H3,(H,43,52)(H,44,45)(H2,46,47,49)/t23?,26?,30-/m0/s1. The van der Waals surface area contributed by atoms with E-state index in [1.165, 1.54) is 18.9 Å². The summed E-state index contributed by atoms with van der Waals surface area (Å²) in [7, 11) is 0. The number of aromatic amines is 3. The Morgan fingerprint density at radius 3 is 2.40 bits per heavy atom. The van der Waals surface area contributed by atoms with Crippen LogP contribution < -0.4 is 21.5 Å². The molecule has 2 fully saturated rings. The molecule has 7 rings (SSSR count). The topological polar surface area (TPSA) is 179 Å². The van der Waals surface area contributed by atoms with Gasteiger partial charge in [0.25, 0.3) is 11.5 Å². The summed E-state index contributed by atoms with van der Waals surface area (Å²) in [5, 5.41) is 7.60. The molecule has 0 aliphatic heterocycles. The first-order valence-electron chi connectivity index (χ1n) is 18.3. The van der Waals surface area contributed by atoms with Gasteiger partial charge >= 0.3 is 6.09 Å². The van der Waals surface area contributed by atoms with Crippen LogP contribution in [0.5, 0.6) is 0 Å². The van der Waals surface area contributed by atoms with Gasteiger partial charge in [-0.3, -0.25) is 24.6 Å². The second-order valence-electron chi connectivity index (χ2n) is 15.6. The molecule has 2 heterocycles.